The predicted octanol–water partition coefficient (Wildman–Crippen LogP) is 8.11. The van der Waals surface area contributed by atoms with Crippen LogP contribution in [0, 0.1) is 0 Å². The maximum Gasteiger partial charge on any atom is 0.112 e. The molecule has 2 atom stereocenters. The van der Waals surface area contributed by atoms with E-state index in [2.05, 4.69) is 99.1 Å². The van der Waals surface area contributed by atoms with E-state index in [-0.39, 0.29) is 5.41 Å². The lowest BCUT2D eigenvalue weighted by Gasteiger charge is -2.39. The molecule has 2 nitrogen and oxygen atoms in total. The van der Waals surface area contributed by atoms with E-state index in [1.165, 1.54) is 55.5 Å². The topological polar surface area (TPSA) is 17.8 Å². The summed E-state index contributed by atoms with van der Waals surface area (Å²) in [5.74, 6) is 1.61. The van der Waals surface area contributed by atoms with Crippen molar-refractivity contribution >= 4 is 0 Å². The van der Waals surface area contributed by atoms with Crippen LogP contribution in [0.4, 0.5) is 0 Å². The van der Waals surface area contributed by atoms with Gasteiger partial charge in [-0.3, -0.25) is 0 Å². The van der Waals surface area contributed by atoms with E-state index < -0.39 is 0 Å². The standard InChI is InChI=1S/C29H40N2/c1-5-6-7-8-15-20-27(28-30-21-22-31(28)24(2)3)29(4,26-18-13-10-14-19-26)23-25-16-11-9-12-17-25/h9-14,16-19,21-22,24,27H,5-8,15,20,23H2,1-4H3. The lowest BCUT2D eigenvalue weighted by molar-refractivity contribution is 0.319. The van der Waals surface area contributed by atoms with E-state index in [9.17, 15) is 0 Å². The molecule has 1 heterocycles. The first-order chi connectivity index (χ1) is 15.1. The Hall–Kier alpha value is -2.35. The molecule has 0 aliphatic heterocycles. The van der Waals surface area contributed by atoms with Gasteiger partial charge in [0.1, 0.15) is 5.82 Å². The fourth-order valence-electron chi connectivity index (χ4n) is 4.98. The molecule has 0 fully saturated rings. The molecule has 1 aromatic heterocycles. The lowest BCUT2D eigenvalue weighted by atomic mass is 9.66. The van der Waals surface area contributed by atoms with Crippen LogP contribution in [0.5, 0.6) is 0 Å². The first-order valence-electron chi connectivity index (χ1n) is 12.2. The molecule has 0 N–H and O–H groups in total. The lowest BCUT2D eigenvalue weighted by Crippen LogP contribution is -2.35. The van der Waals surface area contributed by atoms with Gasteiger partial charge < -0.3 is 4.57 Å². The second-order valence-corrected chi connectivity index (χ2v) is 9.49. The number of unbranched alkanes of at least 4 members (excludes halogenated alkanes) is 4. The number of imidazole rings is 1. The quantitative estimate of drug-likeness (QED) is 0.273. The first kappa shape index (κ1) is 23.3. The van der Waals surface area contributed by atoms with E-state index in [1.54, 1.807) is 0 Å². The van der Waals surface area contributed by atoms with Crippen molar-refractivity contribution in [1.82, 2.24) is 9.55 Å². The summed E-state index contributed by atoms with van der Waals surface area (Å²) in [5.41, 5.74) is 2.79. The van der Waals surface area contributed by atoms with Gasteiger partial charge in [-0.15, -0.1) is 0 Å². The Labute approximate surface area is 189 Å². The van der Waals surface area contributed by atoms with Gasteiger partial charge in [0.15, 0.2) is 0 Å². The highest BCUT2D eigenvalue weighted by atomic mass is 15.1. The Morgan fingerprint density at radius 3 is 2.16 bits per heavy atom. The summed E-state index contributed by atoms with van der Waals surface area (Å²) < 4.78 is 2.39. The average molecular weight is 417 g/mol. The van der Waals surface area contributed by atoms with Gasteiger partial charge in [-0.2, -0.15) is 0 Å². The van der Waals surface area contributed by atoms with Crippen molar-refractivity contribution in [2.75, 3.05) is 0 Å². The molecule has 0 aliphatic carbocycles. The Morgan fingerprint density at radius 1 is 0.871 bits per heavy atom. The molecule has 3 aromatic rings. The van der Waals surface area contributed by atoms with Crippen molar-refractivity contribution in [3.8, 4) is 0 Å². The van der Waals surface area contributed by atoms with E-state index in [0.29, 0.717) is 12.0 Å². The Bertz CT molecular complexity index is 881. The molecular formula is C29H40N2. The van der Waals surface area contributed by atoms with E-state index in [1.807, 2.05) is 6.20 Å². The van der Waals surface area contributed by atoms with Crippen molar-refractivity contribution in [2.45, 2.75) is 90.0 Å². The van der Waals surface area contributed by atoms with Crippen LogP contribution < -0.4 is 0 Å². The number of rotatable bonds is 12. The van der Waals surface area contributed by atoms with Crippen LogP contribution in [0.3, 0.4) is 0 Å². The molecule has 0 radical (unpaired) electrons. The average Bonchev–Trinajstić information content (AvgIpc) is 3.27. The highest BCUT2D eigenvalue weighted by molar-refractivity contribution is 5.33. The Kier molecular flexibility index (Phi) is 8.51. The number of hydrogen-bond donors (Lipinski definition) is 0. The van der Waals surface area contributed by atoms with Crippen molar-refractivity contribution in [1.29, 1.82) is 0 Å². The van der Waals surface area contributed by atoms with Gasteiger partial charge >= 0.3 is 0 Å². The summed E-state index contributed by atoms with van der Waals surface area (Å²) in [6, 6.07) is 22.5. The molecule has 2 heteroatoms. The predicted molar refractivity (Wildman–Crippen MR) is 133 cm³/mol. The van der Waals surface area contributed by atoms with Gasteiger partial charge in [-0.25, -0.2) is 4.98 Å². The van der Waals surface area contributed by atoms with Crippen LogP contribution in [0.2, 0.25) is 0 Å². The molecule has 0 saturated heterocycles. The maximum atomic E-state index is 4.95. The molecule has 0 saturated carbocycles. The Morgan fingerprint density at radius 2 is 1.52 bits per heavy atom. The summed E-state index contributed by atoms with van der Waals surface area (Å²) in [5, 5.41) is 0. The zero-order valence-corrected chi connectivity index (χ0v) is 19.9. The van der Waals surface area contributed by atoms with Gasteiger partial charge in [0.05, 0.1) is 0 Å². The minimum Gasteiger partial charge on any atom is -0.332 e. The second-order valence-electron chi connectivity index (χ2n) is 9.49. The monoisotopic (exact) mass is 416 g/mol. The van der Waals surface area contributed by atoms with Gasteiger partial charge in [-0.05, 0) is 37.8 Å². The third kappa shape index (κ3) is 5.87. The van der Waals surface area contributed by atoms with Gasteiger partial charge in [0.2, 0.25) is 0 Å². The summed E-state index contributed by atoms with van der Waals surface area (Å²) >= 11 is 0. The molecule has 2 unspecified atom stereocenters. The smallest absolute Gasteiger partial charge is 0.112 e. The maximum absolute atomic E-state index is 4.95. The largest absolute Gasteiger partial charge is 0.332 e. The summed E-state index contributed by atoms with van der Waals surface area (Å²) in [6.45, 7) is 9.28. The fraction of sp³-hybridized carbons (Fsp3) is 0.483. The number of aromatic nitrogens is 2. The van der Waals surface area contributed by atoms with Crippen molar-refractivity contribution < 1.29 is 0 Å². The summed E-state index contributed by atoms with van der Waals surface area (Å²) in [6.07, 6.45) is 12.9. The summed E-state index contributed by atoms with van der Waals surface area (Å²) in [7, 11) is 0. The third-order valence-electron chi connectivity index (χ3n) is 6.78. The number of hydrogen-bond acceptors (Lipinski definition) is 1. The van der Waals surface area contributed by atoms with Crippen molar-refractivity contribution in [3.63, 3.8) is 0 Å². The zero-order valence-electron chi connectivity index (χ0n) is 19.9. The van der Waals surface area contributed by atoms with Gasteiger partial charge in [-0.1, -0.05) is 107 Å². The van der Waals surface area contributed by atoms with Gasteiger partial charge in [0, 0.05) is 29.8 Å². The second kappa shape index (κ2) is 11.3. The number of benzene rings is 2. The highest BCUT2D eigenvalue weighted by Crippen LogP contribution is 2.44. The summed E-state index contributed by atoms with van der Waals surface area (Å²) in [4.78, 5) is 4.95. The van der Waals surface area contributed by atoms with Crippen LogP contribution in [0.25, 0.3) is 0 Å². The van der Waals surface area contributed by atoms with Crippen LogP contribution in [0.1, 0.15) is 95.1 Å². The van der Waals surface area contributed by atoms with Gasteiger partial charge in [0.25, 0.3) is 0 Å². The first-order valence-corrected chi connectivity index (χ1v) is 12.2. The zero-order chi connectivity index (χ0) is 22.1. The molecule has 166 valence electrons. The van der Waals surface area contributed by atoms with Crippen LogP contribution in [0.15, 0.2) is 73.1 Å². The molecular weight excluding hydrogens is 376 g/mol. The van der Waals surface area contributed by atoms with E-state index in [4.69, 9.17) is 4.98 Å². The molecule has 0 spiro atoms. The molecule has 31 heavy (non-hydrogen) atoms. The Balaban J connectivity index is 2.02. The van der Waals surface area contributed by atoms with Crippen LogP contribution >= 0.6 is 0 Å². The molecule has 0 aliphatic rings. The minimum absolute atomic E-state index is 0.0225. The van der Waals surface area contributed by atoms with Crippen LogP contribution in [-0.2, 0) is 11.8 Å². The van der Waals surface area contributed by atoms with E-state index in [0.717, 1.165) is 6.42 Å². The fourth-order valence-corrected chi connectivity index (χ4v) is 4.98. The van der Waals surface area contributed by atoms with Crippen LogP contribution in [-0.4, -0.2) is 9.55 Å². The normalized spacial score (nSPS) is 14.5. The molecule has 3 rings (SSSR count). The molecule has 2 aromatic carbocycles. The van der Waals surface area contributed by atoms with Crippen molar-refractivity contribution in [3.05, 3.63) is 90.0 Å². The molecule has 0 amide bonds. The highest BCUT2D eigenvalue weighted by Gasteiger charge is 2.39. The molecule has 0 bridgehead atoms. The third-order valence-corrected chi connectivity index (χ3v) is 6.78. The number of nitrogens with zero attached hydrogens (tertiary/aromatic N) is 2. The minimum atomic E-state index is -0.0225. The van der Waals surface area contributed by atoms with Crippen molar-refractivity contribution in [2.24, 2.45) is 0 Å². The van der Waals surface area contributed by atoms with E-state index >= 15 is 0 Å². The SMILES string of the molecule is CCCCCCCC(c1nccn1C(C)C)C(C)(Cc1ccccc1)c1ccccc1.